The zero-order chi connectivity index (χ0) is 13.8. The van der Waals surface area contributed by atoms with E-state index >= 15 is 0 Å². The molecular formula is C15H23NO3. The van der Waals surface area contributed by atoms with Gasteiger partial charge in [0, 0.05) is 19.2 Å². The summed E-state index contributed by atoms with van der Waals surface area (Å²) in [4.78, 5) is 2.37. The number of hydrogen-bond donors (Lipinski definition) is 1. The third-order valence-electron chi connectivity index (χ3n) is 3.81. The minimum atomic E-state index is -0.218. The van der Waals surface area contributed by atoms with Crippen LogP contribution in [-0.4, -0.2) is 43.4 Å². The molecule has 1 aliphatic rings. The Morgan fingerprint density at radius 3 is 2.37 bits per heavy atom. The Hall–Kier alpha value is -1.26. The van der Waals surface area contributed by atoms with E-state index in [0.717, 1.165) is 37.6 Å². The summed E-state index contributed by atoms with van der Waals surface area (Å²) < 4.78 is 10.6. The number of rotatable bonds is 5. The van der Waals surface area contributed by atoms with Crippen LogP contribution in [-0.2, 0) is 6.54 Å². The van der Waals surface area contributed by atoms with Gasteiger partial charge in [-0.15, -0.1) is 0 Å². The predicted octanol–water partition coefficient (Wildman–Crippen LogP) is 1.91. The Kier molecular flexibility index (Phi) is 4.66. The average molecular weight is 265 g/mol. The molecule has 2 rings (SSSR count). The minimum absolute atomic E-state index is 0.218. The topological polar surface area (TPSA) is 41.9 Å². The molecule has 19 heavy (non-hydrogen) atoms. The summed E-state index contributed by atoms with van der Waals surface area (Å²) in [6.07, 6.45) is 0.850. The van der Waals surface area contributed by atoms with Gasteiger partial charge in [-0.2, -0.15) is 0 Å². The molecule has 1 saturated heterocycles. The molecule has 1 fully saturated rings. The van der Waals surface area contributed by atoms with E-state index in [4.69, 9.17) is 9.47 Å². The smallest absolute Gasteiger partial charge is 0.122 e. The second-order valence-electron chi connectivity index (χ2n) is 5.25. The standard InChI is InChI=1S/C15H23NO3/c1-11(17)13-4-5-16(10-13)9-12-6-14(18-2)8-15(7-12)19-3/h6-8,11,13,17H,4-5,9-10H2,1-3H3. The molecule has 2 unspecified atom stereocenters. The molecule has 1 aromatic rings. The van der Waals surface area contributed by atoms with Crippen molar-refractivity contribution in [3.63, 3.8) is 0 Å². The molecule has 106 valence electrons. The zero-order valence-corrected chi connectivity index (χ0v) is 11.9. The van der Waals surface area contributed by atoms with Gasteiger partial charge in [-0.1, -0.05) is 0 Å². The lowest BCUT2D eigenvalue weighted by atomic mass is 10.0. The molecule has 0 aliphatic carbocycles. The van der Waals surface area contributed by atoms with E-state index in [-0.39, 0.29) is 6.10 Å². The van der Waals surface area contributed by atoms with Crippen LogP contribution in [0.15, 0.2) is 18.2 Å². The van der Waals surface area contributed by atoms with E-state index in [1.165, 1.54) is 5.56 Å². The van der Waals surface area contributed by atoms with Crippen molar-refractivity contribution in [3.05, 3.63) is 23.8 Å². The van der Waals surface area contributed by atoms with Gasteiger partial charge in [-0.3, -0.25) is 4.90 Å². The summed E-state index contributed by atoms with van der Waals surface area (Å²) in [5.74, 6) is 2.04. The van der Waals surface area contributed by atoms with E-state index in [9.17, 15) is 5.11 Å². The third kappa shape index (κ3) is 3.61. The van der Waals surface area contributed by atoms with E-state index in [1.54, 1.807) is 14.2 Å². The lowest BCUT2D eigenvalue weighted by molar-refractivity contribution is 0.127. The first-order chi connectivity index (χ1) is 9.12. The summed E-state index contributed by atoms with van der Waals surface area (Å²) in [5, 5.41) is 9.63. The molecule has 0 aromatic heterocycles. The number of hydrogen-bond acceptors (Lipinski definition) is 4. The largest absolute Gasteiger partial charge is 0.497 e. The second-order valence-corrected chi connectivity index (χ2v) is 5.25. The normalized spacial score (nSPS) is 21.4. The van der Waals surface area contributed by atoms with Crippen LogP contribution in [0.4, 0.5) is 0 Å². The van der Waals surface area contributed by atoms with Gasteiger partial charge in [-0.05, 0) is 43.5 Å². The summed E-state index contributed by atoms with van der Waals surface area (Å²) in [5.41, 5.74) is 1.18. The number of methoxy groups -OCH3 is 2. The maximum absolute atomic E-state index is 9.63. The van der Waals surface area contributed by atoms with Crippen molar-refractivity contribution in [2.45, 2.75) is 26.0 Å². The van der Waals surface area contributed by atoms with E-state index in [2.05, 4.69) is 4.90 Å². The summed E-state index contributed by atoms with van der Waals surface area (Å²) in [6.45, 7) is 4.74. The molecule has 0 bridgehead atoms. The number of nitrogens with zero attached hydrogens (tertiary/aromatic N) is 1. The second kappa shape index (κ2) is 6.26. The van der Waals surface area contributed by atoms with E-state index in [1.807, 2.05) is 25.1 Å². The van der Waals surface area contributed by atoms with E-state index < -0.39 is 0 Å². The van der Waals surface area contributed by atoms with Crippen molar-refractivity contribution in [1.82, 2.24) is 4.90 Å². The Morgan fingerprint density at radius 1 is 1.26 bits per heavy atom. The van der Waals surface area contributed by atoms with E-state index in [0.29, 0.717) is 5.92 Å². The van der Waals surface area contributed by atoms with Crippen molar-refractivity contribution in [3.8, 4) is 11.5 Å². The fourth-order valence-electron chi connectivity index (χ4n) is 2.62. The van der Waals surface area contributed by atoms with Crippen LogP contribution < -0.4 is 9.47 Å². The molecule has 4 heteroatoms. The predicted molar refractivity (Wildman–Crippen MR) is 74.6 cm³/mol. The van der Waals surface area contributed by atoms with Crippen molar-refractivity contribution in [2.75, 3.05) is 27.3 Å². The fraction of sp³-hybridized carbons (Fsp3) is 0.600. The van der Waals surface area contributed by atoms with Crippen LogP contribution in [0.5, 0.6) is 11.5 Å². The van der Waals surface area contributed by atoms with Crippen molar-refractivity contribution >= 4 is 0 Å². The van der Waals surface area contributed by atoms with Gasteiger partial charge in [0.15, 0.2) is 0 Å². The molecule has 4 nitrogen and oxygen atoms in total. The SMILES string of the molecule is COc1cc(CN2CCC(C(C)O)C2)cc(OC)c1. The maximum atomic E-state index is 9.63. The molecule has 0 saturated carbocycles. The first kappa shape index (κ1) is 14.2. The maximum Gasteiger partial charge on any atom is 0.122 e. The average Bonchev–Trinajstić information content (AvgIpc) is 2.87. The van der Waals surface area contributed by atoms with Gasteiger partial charge >= 0.3 is 0 Å². The van der Waals surface area contributed by atoms with Crippen LogP contribution in [0.3, 0.4) is 0 Å². The molecule has 0 radical (unpaired) electrons. The molecule has 1 heterocycles. The van der Waals surface area contributed by atoms with Gasteiger partial charge in [0.1, 0.15) is 11.5 Å². The third-order valence-corrected chi connectivity index (χ3v) is 3.81. The first-order valence-corrected chi connectivity index (χ1v) is 6.74. The highest BCUT2D eigenvalue weighted by Gasteiger charge is 2.25. The Labute approximate surface area is 114 Å². The number of likely N-dealkylation sites (tertiary alicyclic amines) is 1. The quantitative estimate of drug-likeness (QED) is 0.883. The lowest BCUT2D eigenvalue weighted by Gasteiger charge is -2.18. The number of aliphatic hydroxyl groups is 1. The van der Waals surface area contributed by atoms with Crippen LogP contribution in [0.25, 0.3) is 0 Å². The van der Waals surface area contributed by atoms with Gasteiger partial charge in [0.25, 0.3) is 0 Å². The molecule has 0 amide bonds. The molecule has 1 aromatic carbocycles. The Balaban J connectivity index is 2.03. The fourth-order valence-corrected chi connectivity index (χ4v) is 2.62. The van der Waals surface area contributed by atoms with Gasteiger partial charge in [-0.25, -0.2) is 0 Å². The van der Waals surface area contributed by atoms with Crippen LogP contribution in [0, 0.1) is 5.92 Å². The lowest BCUT2D eigenvalue weighted by Crippen LogP contribution is -2.23. The van der Waals surface area contributed by atoms with Crippen molar-refractivity contribution < 1.29 is 14.6 Å². The summed E-state index contributed by atoms with van der Waals surface area (Å²) in [7, 11) is 3.33. The molecule has 1 N–H and O–H groups in total. The molecule has 0 spiro atoms. The van der Waals surface area contributed by atoms with Gasteiger partial charge < -0.3 is 14.6 Å². The van der Waals surface area contributed by atoms with Gasteiger partial charge in [0.05, 0.1) is 20.3 Å². The minimum Gasteiger partial charge on any atom is -0.497 e. The van der Waals surface area contributed by atoms with Crippen LogP contribution >= 0.6 is 0 Å². The molecular weight excluding hydrogens is 242 g/mol. The molecule has 2 atom stereocenters. The number of ether oxygens (including phenoxy) is 2. The Morgan fingerprint density at radius 2 is 1.89 bits per heavy atom. The zero-order valence-electron chi connectivity index (χ0n) is 11.9. The van der Waals surface area contributed by atoms with Crippen LogP contribution in [0.2, 0.25) is 0 Å². The summed E-state index contributed by atoms with van der Waals surface area (Å²) >= 11 is 0. The number of aliphatic hydroxyl groups excluding tert-OH is 1. The van der Waals surface area contributed by atoms with Crippen molar-refractivity contribution in [2.24, 2.45) is 5.92 Å². The number of benzene rings is 1. The monoisotopic (exact) mass is 265 g/mol. The highest BCUT2D eigenvalue weighted by molar-refractivity contribution is 5.38. The van der Waals surface area contributed by atoms with Crippen molar-refractivity contribution in [1.29, 1.82) is 0 Å². The van der Waals surface area contributed by atoms with Crippen LogP contribution in [0.1, 0.15) is 18.9 Å². The summed E-state index contributed by atoms with van der Waals surface area (Å²) in [6, 6.07) is 5.96. The first-order valence-electron chi connectivity index (χ1n) is 6.74. The highest BCUT2D eigenvalue weighted by Crippen LogP contribution is 2.26. The Bertz CT molecular complexity index is 398. The highest BCUT2D eigenvalue weighted by atomic mass is 16.5. The molecule has 1 aliphatic heterocycles. The van der Waals surface area contributed by atoms with Gasteiger partial charge in [0.2, 0.25) is 0 Å².